The van der Waals surface area contributed by atoms with Crippen LogP contribution in [0.25, 0.3) is 11.0 Å². The van der Waals surface area contributed by atoms with Crippen molar-refractivity contribution in [2.24, 2.45) is 0 Å². The first kappa shape index (κ1) is 18.9. The average Bonchev–Trinajstić information content (AvgIpc) is 3.42. The van der Waals surface area contributed by atoms with E-state index in [1.54, 1.807) is 35.6 Å². The molecule has 29 heavy (non-hydrogen) atoms. The minimum Gasteiger partial charge on any atom is -0.467 e. The zero-order valence-electron chi connectivity index (χ0n) is 15.4. The van der Waals surface area contributed by atoms with E-state index in [0.29, 0.717) is 36.3 Å². The molecule has 10 nitrogen and oxygen atoms in total. The number of nitrogens with zero attached hydrogens (tertiary/aromatic N) is 6. The monoisotopic (exact) mass is 410 g/mol. The van der Waals surface area contributed by atoms with Crippen molar-refractivity contribution in [2.75, 3.05) is 17.6 Å². The predicted octanol–water partition coefficient (Wildman–Crippen LogP) is 1.73. The zero-order chi connectivity index (χ0) is 19.9. The van der Waals surface area contributed by atoms with Crippen LogP contribution in [0.3, 0.4) is 0 Å². The van der Waals surface area contributed by atoms with Crippen molar-refractivity contribution in [1.82, 2.24) is 35.0 Å². The molecule has 0 aliphatic carbocycles. The fraction of sp³-hybridized carbons (Fsp3) is 0.222. The van der Waals surface area contributed by atoms with E-state index in [1.807, 2.05) is 12.1 Å². The highest BCUT2D eigenvalue weighted by Gasteiger charge is 2.11. The molecular weight excluding hydrogens is 392 g/mol. The molecule has 148 valence electrons. The smallest absolute Gasteiger partial charge is 0.230 e. The van der Waals surface area contributed by atoms with Gasteiger partial charge in [-0.05, 0) is 18.2 Å². The second kappa shape index (κ2) is 9.15. The van der Waals surface area contributed by atoms with E-state index in [-0.39, 0.29) is 11.7 Å². The quantitative estimate of drug-likeness (QED) is 0.313. The van der Waals surface area contributed by atoms with Gasteiger partial charge in [0, 0.05) is 18.9 Å². The lowest BCUT2D eigenvalue weighted by atomic mass is 10.3. The van der Waals surface area contributed by atoms with Crippen LogP contribution in [-0.2, 0) is 17.9 Å². The zero-order valence-corrected chi connectivity index (χ0v) is 16.2. The third-order valence-corrected chi connectivity index (χ3v) is 4.84. The van der Waals surface area contributed by atoms with Crippen LogP contribution in [-0.4, -0.2) is 47.9 Å². The van der Waals surface area contributed by atoms with E-state index in [0.717, 1.165) is 11.1 Å². The first-order chi connectivity index (χ1) is 14.3. The predicted molar refractivity (Wildman–Crippen MR) is 107 cm³/mol. The molecule has 4 aromatic heterocycles. The fourth-order valence-corrected chi connectivity index (χ4v) is 3.26. The van der Waals surface area contributed by atoms with Crippen LogP contribution in [0.2, 0.25) is 0 Å². The number of rotatable bonds is 9. The lowest BCUT2D eigenvalue weighted by Gasteiger charge is -2.07. The molecule has 0 aliphatic heterocycles. The fourth-order valence-electron chi connectivity index (χ4n) is 2.62. The van der Waals surface area contributed by atoms with Gasteiger partial charge in [0.25, 0.3) is 0 Å². The number of aromatic nitrogens is 6. The molecule has 0 aliphatic rings. The summed E-state index contributed by atoms with van der Waals surface area (Å²) in [5.41, 5.74) is 0.697. The van der Waals surface area contributed by atoms with Crippen molar-refractivity contribution < 1.29 is 9.21 Å². The van der Waals surface area contributed by atoms with Crippen molar-refractivity contribution in [3.63, 3.8) is 0 Å². The number of hydrogen-bond donors (Lipinski definition) is 2. The van der Waals surface area contributed by atoms with Crippen LogP contribution < -0.4 is 10.6 Å². The molecule has 0 saturated carbocycles. The Labute approximate surface area is 170 Å². The van der Waals surface area contributed by atoms with E-state index in [2.05, 4.69) is 35.7 Å². The average molecular weight is 410 g/mol. The van der Waals surface area contributed by atoms with E-state index in [4.69, 9.17) is 4.42 Å². The molecule has 4 aromatic rings. The van der Waals surface area contributed by atoms with Gasteiger partial charge in [0.15, 0.2) is 10.8 Å². The second-order valence-electron chi connectivity index (χ2n) is 5.93. The lowest BCUT2D eigenvalue weighted by molar-refractivity contribution is -0.118. The number of hydrogen-bond acceptors (Lipinski definition) is 9. The van der Waals surface area contributed by atoms with E-state index in [9.17, 15) is 4.79 Å². The summed E-state index contributed by atoms with van der Waals surface area (Å²) in [6.45, 7) is 1.45. The summed E-state index contributed by atoms with van der Waals surface area (Å²) in [6.07, 6.45) is 8.12. The van der Waals surface area contributed by atoms with Crippen molar-refractivity contribution in [3.05, 3.63) is 55.1 Å². The van der Waals surface area contributed by atoms with E-state index in [1.165, 1.54) is 18.1 Å². The molecule has 4 heterocycles. The molecule has 1 amide bonds. The van der Waals surface area contributed by atoms with Gasteiger partial charge in [0.05, 0.1) is 36.7 Å². The largest absolute Gasteiger partial charge is 0.467 e. The van der Waals surface area contributed by atoms with Gasteiger partial charge in [0.2, 0.25) is 5.91 Å². The Morgan fingerprint density at radius 1 is 1.17 bits per heavy atom. The van der Waals surface area contributed by atoms with Crippen molar-refractivity contribution in [1.29, 1.82) is 0 Å². The highest BCUT2D eigenvalue weighted by Crippen LogP contribution is 2.19. The second-order valence-corrected chi connectivity index (χ2v) is 6.87. The Morgan fingerprint density at radius 3 is 2.90 bits per heavy atom. The van der Waals surface area contributed by atoms with Crippen LogP contribution in [0.1, 0.15) is 5.76 Å². The first-order valence-electron chi connectivity index (χ1n) is 8.89. The maximum Gasteiger partial charge on any atom is 0.230 e. The Balaban J connectivity index is 1.30. The van der Waals surface area contributed by atoms with Gasteiger partial charge in [-0.25, -0.2) is 24.6 Å². The van der Waals surface area contributed by atoms with E-state index >= 15 is 0 Å². The van der Waals surface area contributed by atoms with Gasteiger partial charge in [-0.1, -0.05) is 11.8 Å². The highest BCUT2D eigenvalue weighted by molar-refractivity contribution is 7.99. The molecule has 11 heteroatoms. The maximum atomic E-state index is 12.0. The molecule has 0 atom stereocenters. The summed E-state index contributed by atoms with van der Waals surface area (Å²) < 4.78 is 7.06. The van der Waals surface area contributed by atoms with Gasteiger partial charge in [0.1, 0.15) is 17.9 Å². The van der Waals surface area contributed by atoms with Crippen LogP contribution >= 0.6 is 11.8 Å². The molecule has 2 N–H and O–H groups in total. The summed E-state index contributed by atoms with van der Waals surface area (Å²) in [7, 11) is 0. The van der Waals surface area contributed by atoms with E-state index < -0.39 is 0 Å². The van der Waals surface area contributed by atoms with Crippen molar-refractivity contribution in [2.45, 2.75) is 18.2 Å². The van der Waals surface area contributed by atoms with Crippen LogP contribution in [0.5, 0.6) is 0 Å². The lowest BCUT2D eigenvalue weighted by Crippen LogP contribution is -2.29. The molecule has 0 saturated heterocycles. The number of thioether (sulfide) groups is 1. The minimum absolute atomic E-state index is 0.0886. The third-order valence-electron chi connectivity index (χ3n) is 3.96. The van der Waals surface area contributed by atoms with Gasteiger partial charge in [-0.2, -0.15) is 5.10 Å². The molecule has 0 fully saturated rings. The molecule has 4 rings (SSSR count). The summed E-state index contributed by atoms with van der Waals surface area (Å²) in [5.74, 6) is 1.66. The SMILES string of the molecule is O=C(CSc1ncccn1)NCCn1ncc2c(NCc3ccco3)ncnc21. The Morgan fingerprint density at radius 2 is 2.07 bits per heavy atom. The van der Waals surface area contributed by atoms with Gasteiger partial charge in [-0.15, -0.1) is 0 Å². The van der Waals surface area contributed by atoms with Crippen molar-refractivity contribution in [3.8, 4) is 0 Å². The van der Waals surface area contributed by atoms with Crippen LogP contribution in [0.4, 0.5) is 5.82 Å². The number of carbonyl (C=O) groups excluding carboxylic acids is 1. The van der Waals surface area contributed by atoms with Gasteiger partial charge >= 0.3 is 0 Å². The molecule has 0 radical (unpaired) electrons. The number of nitrogens with one attached hydrogen (secondary N) is 2. The first-order valence-corrected chi connectivity index (χ1v) is 9.87. The molecule has 0 unspecified atom stereocenters. The standard InChI is InChI=1S/C18H18N8O2S/c27-15(11-29-18-20-4-2-5-21-18)19-6-7-26-17-14(10-25-26)16(23-12-24-17)22-9-13-3-1-8-28-13/h1-5,8,10,12H,6-7,9,11H2,(H,19,27)(H,22,23,24). The number of anilines is 1. The Kier molecular flexibility index (Phi) is 5.95. The molecule has 0 aromatic carbocycles. The number of carbonyl (C=O) groups is 1. The van der Waals surface area contributed by atoms with Gasteiger partial charge in [-0.3, -0.25) is 4.79 Å². The normalized spacial score (nSPS) is 10.9. The summed E-state index contributed by atoms with van der Waals surface area (Å²) in [4.78, 5) is 28.7. The third kappa shape index (κ3) is 4.88. The minimum atomic E-state index is -0.0886. The summed E-state index contributed by atoms with van der Waals surface area (Å²) in [6, 6.07) is 5.46. The Bertz CT molecular complexity index is 1070. The van der Waals surface area contributed by atoms with Gasteiger partial charge < -0.3 is 15.1 Å². The molecule has 0 bridgehead atoms. The summed E-state index contributed by atoms with van der Waals surface area (Å²) >= 11 is 1.29. The molecule has 0 spiro atoms. The Hall–Kier alpha value is -3.47. The number of fused-ring (bicyclic) bond motifs is 1. The molecular formula is C18H18N8O2S. The number of furan rings is 1. The van der Waals surface area contributed by atoms with Crippen LogP contribution in [0.15, 0.2) is 59.0 Å². The topological polar surface area (TPSA) is 124 Å². The number of amides is 1. The summed E-state index contributed by atoms with van der Waals surface area (Å²) in [5, 5.41) is 11.8. The van der Waals surface area contributed by atoms with Crippen molar-refractivity contribution >= 4 is 34.5 Å². The maximum absolute atomic E-state index is 12.0. The van der Waals surface area contributed by atoms with Crippen LogP contribution in [0, 0.1) is 0 Å². The highest BCUT2D eigenvalue weighted by atomic mass is 32.2.